The molecule has 0 amide bonds. The van der Waals surface area contributed by atoms with Gasteiger partial charge in [-0.3, -0.25) is 4.57 Å². The number of pyridine rings is 1. The second-order valence-corrected chi connectivity index (χ2v) is 7.38. The van der Waals surface area contributed by atoms with E-state index in [-0.39, 0.29) is 29.0 Å². The fraction of sp³-hybridized carbons (Fsp3) is 0.286. The van der Waals surface area contributed by atoms with Gasteiger partial charge in [-0.15, -0.1) is 0 Å². The first kappa shape index (κ1) is 22.0. The first-order chi connectivity index (χ1) is 15.4. The van der Waals surface area contributed by atoms with Gasteiger partial charge >= 0.3 is 5.69 Å². The van der Waals surface area contributed by atoms with Crippen molar-refractivity contribution in [3.63, 3.8) is 0 Å². The molecule has 0 bridgehead atoms. The van der Waals surface area contributed by atoms with E-state index in [1.165, 1.54) is 22.9 Å². The van der Waals surface area contributed by atoms with E-state index in [0.717, 1.165) is 12.1 Å². The summed E-state index contributed by atoms with van der Waals surface area (Å²) in [6.07, 6.45) is 1.26. The average Bonchev–Trinajstić information content (AvgIpc) is 2.79. The number of benzene rings is 1. The third-order valence-corrected chi connectivity index (χ3v) is 5.01. The minimum Gasteiger partial charge on any atom is -0.473 e. The van der Waals surface area contributed by atoms with Crippen molar-refractivity contribution in [3.05, 3.63) is 69.4 Å². The standard InChI is InChI=1S/C21H19ClF2N4O4/c1-27-19(28-4-6-30-7-5-28)10-18(26-21(27)29)31-12-13-8-15(23)20(16(24)9-13)32-14-2-3-17(22)25-11-14/h2-3,8-11H,4-7,12H2,1H3. The zero-order valence-electron chi connectivity index (χ0n) is 17.1. The van der Waals surface area contributed by atoms with Gasteiger partial charge in [0.15, 0.2) is 17.4 Å². The summed E-state index contributed by atoms with van der Waals surface area (Å²) < 4.78 is 46.5. The summed E-state index contributed by atoms with van der Waals surface area (Å²) >= 11 is 5.69. The SMILES string of the molecule is Cn1c(N2CCOCC2)cc(OCc2cc(F)c(Oc3ccc(Cl)nc3)c(F)c2)nc1=O. The van der Waals surface area contributed by atoms with Crippen LogP contribution in [0, 0.1) is 11.6 Å². The fourth-order valence-corrected chi connectivity index (χ4v) is 3.28. The molecule has 0 saturated carbocycles. The Morgan fingerprint density at radius 3 is 2.53 bits per heavy atom. The molecule has 0 radical (unpaired) electrons. The Balaban J connectivity index is 1.49. The Bertz CT molecular complexity index is 1140. The van der Waals surface area contributed by atoms with Gasteiger partial charge in [-0.2, -0.15) is 4.98 Å². The van der Waals surface area contributed by atoms with Crippen molar-refractivity contribution in [1.82, 2.24) is 14.5 Å². The third kappa shape index (κ3) is 4.97. The van der Waals surface area contributed by atoms with Gasteiger partial charge in [0, 0.05) is 26.2 Å². The summed E-state index contributed by atoms with van der Waals surface area (Å²) in [6, 6.07) is 6.68. The molecule has 11 heteroatoms. The van der Waals surface area contributed by atoms with Crippen LogP contribution < -0.4 is 20.1 Å². The van der Waals surface area contributed by atoms with Crippen LogP contribution in [0.2, 0.25) is 5.15 Å². The Hall–Kier alpha value is -3.24. The number of anilines is 1. The van der Waals surface area contributed by atoms with E-state index < -0.39 is 23.1 Å². The normalized spacial score (nSPS) is 13.8. The molecule has 1 aromatic carbocycles. The number of nitrogens with zero attached hydrogens (tertiary/aromatic N) is 4. The molecule has 1 saturated heterocycles. The number of aromatic nitrogens is 3. The van der Waals surface area contributed by atoms with Crippen LogP contribution in [-0.4, -0.2) is 40.8 Å². The lowest BCUT2D eigenvalue weighted by Gasteiger charge is -2.29. The van der Waals surface area contributed by atoms with E-state index in [1.807, 2.05) is 4.90 Å². The van der Waals surface area contributed by atoms with Gasteiger partial charge in [-0.1, -0.05) is 11.6 Å². The molecule has 8 nitrogen and oxygen atoms in total. The Kier molecular flexibility index (Phi) is 6.52. The molecular formula is C21H19ClF2N4O4. The molecule has 3 aromatic rings. The van der Waals surface area contributed by atoms with Crippen LogP contribution in [0.15, 0.2) is 41.3 Å². The van der Waals surface area contributed by atoms with Crippen molar-refractivity contribution >= 4 is 17.4 Å². The predicted molar refractivity (Wildman–Crippen MR) is 113 cm³/mol. The summed E-state index contributed by atoms with van der Waals surface area (Å²) in [4.78, 5) is 21.9. The summed E-state index contributed by atoms with van der Waals surface area (Å²) in [5, 5.41) is 0.229. The quantitative estimate of drug-likeness (QED) is 0.518. The Labute approximate surface area is 186 Å². The molecule has 0 aliphatic carbocycles. The van der Waals surface area contributed by atoms with Crippen molar-refractivity contribution in [2.24, 2.45) is 7.05 Å². The highest BCUT2D eigenvalue weighted by molar-refractivity contribution is 6.29. The highest BCUT2D eigenvalue weighted by Crippen LogP contribution is 2.29. The van der Waals surface area contributed by atoms with Gasteiger partial charge in [0.05, 0.1) is 19.4 Å². The Morgan fingerprint density at radius 1 is 1.16 bits per heavy atom. The molecule has 1 fully saturated rings. The van der Waals surface area contributed by atoms with E-state index in [4.69, 9.17) is 25.8 Å². The monoisotopic (exact) mass is 464 g/mol. The number of hydrogen-bond donors (Lipinski definition) is 0. The number of halogens is 3. The first-order valence-electron chi connectivity index (χ1n) is 9.71. The van der Waals surface area contributed by atoms with Crippen molar-refractivity contribution in [2.45, 2.75) is 6.61 Å². The molecule has 4 rings (SSSR count). The van der Waals surface area contributed by atoms with Gasteiger partial charge < -0.3 is 19.1 Å². The zero-order chi connectivity index (χ0) is 22.7. The van der Waals surface area contributed by atoms with E-state index in [1.54, 1.807) is 13.1 Å². The maximum absolute atomic E-state index is 14.5. The molecule has 2 aromatic heterocycles. The van der Waals surface area contributed by atoms with E-state index in [0.29, 0.717) is 32.1 Å². The van der Waals surface area contributed by atoms with Crippen LogP contribution >= 0.6 is 11.6 Å². The number of hydrogen-bond acceptors (Lipinski definition) is 7. The van der Waals surface area contributed by atoms with Crippen LogP contribution in [0.5, 0.6) is 17.4 Å². The summed E-state index contributed by atoms with van der Waals surface area (Å²) in [5.74, 6) is -1.58. The lowest BCUT2D eigenvalue weighted by Crippen LogP contribution is -2.39. The van der Waals surface area contributed by atoms with Crippen molar-refractivity contribution in [3.8, 4) is 17.4 Å². The molecule has 0 unspecified atom stereocenters. The second-order valence-electron chi connectivity index (χ2n) is 6.99. The van der Waals surface area contributed by atoms with Crippen molar-refractivity contribution in [1.29, 1.82) is 0 Å². The molecule has 0 N–H and O–H groups in total. The molecule has 168 valence electrons. The van der Waals surface area contributed by atoms with Gasteiger partial charge in [0.1, 0.15) is 23.3 Å². The topological polar surface area (TPSA) is 78.7 Å². The minimum atomic E-state index is -0.913. The van der Waals surface area contributed by atoms with Crippen LogP contribution in [0.4, 0.5) is 14.6 Å². The summed E-state index contributed by atoms with van der Waals surface area (Å²) in [6.45, 7) is 2.15. The van der Waals surface area contributed by atoms with Crippen LogP contribution in [0.1, 0.15) is 5.56 Å². The molecule has 0 spiro atoms. The summed E-state index contributed by atoms with van der Waals surface area (Å²) in [5.41, 5.74) is -0.293. The third-order valence-electron chi connectivity index (χ3n) is 4.79. The Morgan fingerprint density at radius 2 is 1.88 bits per heavy atom. The van der Waals surface area contributed by atoms with Gasteiger partial charge in [0.25, 0.3) is 0 Å². The lowest BCUT2D eigenvalue weighted by molar-refractivity contribution is 0.122. The average molecular weight is 465 g/mol. The first-order valence-corrected chi connectivity index (χ1v) is 10.1. The summed E-state index contributed by atoms with van der Waals surface area (Å²) in [7, 11) is 1.61. The number of morpholine rings is 1. The van der Waals surface area contributed by atoms with Crippen LogP contribution in [-0.2, 0) is 18.4 Å². The molecule has 32 heavy (non-hydrogen) atoms. The highest BCUT2D eigenvalue weighted by atomic mass is 35.5. The van der Waals surface area contributed by atoms with E-state index >= 15 is 0 Å². The van der Waals surface area contributed by atoms with Crippen molar-refractivity contribution < 1.29 is 23.0 Å². The maximum atomic E-state index is 14.5. The van der Waals surface area contributed by atoms with Gasteiger partial charge in [-0.05, 0) is 29.8 Å². The van der Waals surface area contributed by atoms with E-state index in [9.17, 15) is 13.6 Å². The predicted octanol–water partition coefficient (Wildman–Crippen LogP) is 3.31. The molecule has 1 aliphatic rings. The highest BCUT2D eigenvalue weighted by Gasteiger charge is 2.18. The number of ether oxygens (including phenoxy) is 3. The lowest BCUT2D eigenvalue weighted by atomic mass is 10.2. The largest absolute Gasteiger partial charge is 0.473 e. The molecule has 3 heterocycles. The smallest absolute Gasteiger partial charge is 0.352 e. The minimum absolute atomic E-state index is 0.0583. The van der Waals surface area contributed by atoms with Crippen molar-refractivity contribution in [2.75, 3.05) is 31.2 Å². The fourth-order valence-electron chi connectivity index (χ4n) is 3.17. The van der Waals surface area contributed by atoms with Gasteiger partial charge in [0.2, 0.25) is 5.88 Å². The van der Waals surface area contributed by atoms with Crippen LogP contribution in [0.3, 0.4) is 0 Å². The maximum Gasteiger partial charge on any atom is 0.352 e. The second kappa shape index (κ2) is 9.49. The zero-order valence-corrected chi connectivity index (χ0v) is 17.8. The van der Waals surface area contributed by atoms with E-state index in [2.05, 4.69) is 9.97 Å². The van der Waals surface area contributed by atoms with Gasteiger partial charge in [-0.25, -0.2) is 18.6 Å². The van der Waals surface area contributed by atoms with Crippen LogP contribution in [0.25, 0.3) is 0 Å². The molecular weight excluding hydrogens is 446 g/mol. The number of rotatable bonds is 6. The molecule has 0 atom stereocenters. The molecule has 1 aliphatic heterocycles.